The number of thioether (sulfide) groups is 1. The van der Waals surface area contributed by atoms with E-state index in [9.17, 15) is 4.79 Å². The molecule has 0 fully saturated rings. The molecule has 0 bridgehead atoms. The Bertz CT molecular complexity index is 1030. The van der Waals surface area contributed by atoms with Crippen LogP contribution in [0.1, 0.15) is 41.5 Å². The van der Waals surface area contributed by atoms with E-state index in [1.54, 1.807) is 6.92 Å². The molecular weight excluding hydrogens is 473 g/mol. The Kier molecular flexibility index (Phi) is 8.42. The molecule has 0 radical (unpaired) electrons. The fourth-order valence-electron chi connectivity index (χ4n) is 3.06. The predicted molar refractivity (Wildman–Crippen MR) is 128 cm³/mol. The first-order chi connectivity index (χ1) is 14.9. The van der Waals surface area contributed by atoms with Gasteiger partial charge in [0.25, 0.3) is 0 Å². The van der Waals surface area contributed by atoms with Gasteiger partial charge < -0.3 is 0 Å². The van der Waals surface area contributed by atoms with Crippen molar-refractivity contribution in [2.45, 2.75) is 57.8 Å². The summed E-state index contributed by atoms with van der Waals surface area (Å²) in [6.45, 7) is 10.3. The minimum atomic E-state index is -0.566. The van der Waals surface area contributed by atoms with Gasteiger partial charge >= 0.3 is 189 Å². The van der Waals surface area contributed by atoms with Crippen molar-refractivity contribution < 1.29 is 14.3 Å². The molecular formula is C25H29NO3SSe. The van der Waals surface area contributed by atoms with Crippen LogP contribution in [-0.2, 0) is 15.3 Å². The van der Waals surface area contributed by atoms with E-state index < -0.39 is 6.10 Å². The SMILES string of the molecule is CCOC(=O)C(CC)Oc1ccc(SCc2[se]c(-c3ccc(C)cc3)nc2C)cc1C. The van der Waals surface area contributed by atoms with E-state index in [1.165, 1.54) is 25.0 Å². The van der Waals surface area contributed by atoms with Gasteiger partial charge in [-0.2, -0.15) is 0 Å². The summed E-state index contributed by atoms with van der Waals surface area (Å²) in [7, 11) is 0. The molecule has 0 spiro atoms. The van der Waals surface area contributed by atoms with Gasteiger partial charge in [-0.3, -0.25) is 0 Å². The third kappa shape index (κ3) is 6.25. The molecule has 1 aromatic heterocycles. The zero-order valence-corrected chi connectivity index (χ0v) is 21.3. The summed E-state index contributed by atoms with van der Waals surface area (Å²) in [5, 5.41) is 0. The van der Waals surface area contributed by atoms with Crippen molar-refractivity contribution in [1.82, 2.24) is 4.98 Å². The molecule has 0 saturated carbocycles. The number of aryl methyl sites for hydroxylation is 3. The summed E-state index contributed by atoms with van der Waals surface area (Å²) in [5.41, 5.74) is 4.67. The molecule has 0 aliphatic carbocycles. The summed E-state index contributed by atoms with van der Waals surface area (Å²) in [5.74, 6) is 1.36. The zero-order chi connectivity index (χ0) is 22.4. The van der Waals surface area contributed by atoms with Crippen LogP contribution in [0, 0.1) is 20.8 Å². The van der Waals surface area contributed by atoms with Gasteiger partial charge in [0, 0.05) is 0 Å². The van der Waals surface area contributed by atoms with Gasteiger partial charge in [-0.15, -0.1) is 0 Å². The monoisotopic (exact) mass is 503 g/mol. The summed E-state index contributed by atoms with van der Waals surface area (Å²) in [6.07, 6.45) is 0.0108. The molecule has 0 saturated heterocycles. The van der Waals surface area contributed by atoms with Crippen molar-refractivity contribution >= 4 is 32.2 Å². The average Bonchev–Trinajstić information content (AvgIpc) is 3.12. The summed E-state index contributed by atoms with van der Waals surface area (Å²) in [4.78, 5) is 18.0. The number of esters is 1. The standard InChI is InChI=1S/C25H29NO3SSe/c1-6-21(25(27)28-7-2)29-22-13-12-20(14-17(22)4)30-15-23-18(5)26-24(31-23)19-10-8-16(3)9-11-19/h8-14,21H,6-7,15H2,1-5H3. The molecule has 0 aliphatic heterocycles. The molecule has 0 N–H and O–H groups in total. The number of benzene rings is 2. The first-order valence-corrected chi connectivity index (χ1v) is 13.2. The molecule has 164 valence electrons. The summed E-state index contributed by atoms with van der Waals surface area (Å²) >= 11 is 2.08. The van der Waals surface area contributed by atoms with Crippen molar-refractivity contribution in [3.8, 4) is 15.9 Å². The normalized spacial score (nSPS) is 11.9. The van der Waals surface area contributed by atoms with E-state index in [4.69, 9.17) is 14.5 Å². The Morgan fingerprint density at radius 1 is 1.10 bits per heavy atom. The van der Waals surface area contributed by atoms with Gasteiger partial charge in [0.15, 0.2) is 0 Å². The van der Waals surface area contributed by atoms with Crippen LogP contribution in [0.25, 0.3) is 10.1 Å². The van der Waals surface area contributed by atoms with E-state index in [-0.39, 0.29) is 20.5 Å². The molecule has 6 heteroatoms. The predicted octanol–water partition coefficient (Wildman–Crippen LogP) is 5.74. The quantitative estimate of drug-likeness (QED) is 0.212. The maximum atomic E-state index is 12.0. The first kappa shape index (κ1) is 23.6. The zero-order valence-electron chi connectivity index (χ0n) is 18.7. The van der Waals surface area contributed by atoms with E-state index in [0.29, 0.717) is 13.0 Å². The van der Waals surface area contributed by atoms with Gasteiger partial charge in [-0.25, -0.2) is 0 Å². The number of carbonyl (C=O) groups is 1. The average molecular weight is 503 g/mol. The Hall–Kier alpha value is -2.01. The van der Waals surface area contributed by atoms with Gasteiger partial charge in [0.05, 0.1) is 0 Å². The number of aromatic nitrogens is 1. The summed E-state index contributed by atoms with van der Waals surface area (Å²) < 4.78 is 13.7. The Labute approximate surface area is 195 Å². The Balaban J connectivity index is 1.65. The molecule has 1 heterocycles. The van der Waals surface area contributed by atoms with Crippen LogP contribution < -0.4 is 4.74 Å². The Morgan fingerprint density at radius 2 is 1.84 bits per heavy atom. The number of ether oxygens (including phenoxy) is 2. The van der Waals surface area contributed by atoms with Crippen LogP contribution in [0.4, 0.5) is 0 Å². The van der Waals surface area contributed by atoms with Crippen LogP contribution in [0.2, 0.25) is 0 Å². The third-order valence-corrected chi connectivity index (χ3v) is 8.86. The number of nitrogens with zero attached hydrogens (tertiary/aromatic N) is 1. The number of rotatable bonds is 9. The van der Waals surface area contributed by atoms with Crippen LogP contribution in [0.5, 0.6) is 5.75 Å². The van der Waals surface area contributed by atoms with Crippen LogP contribution in [-0.4, -0.2) is 38.2 Å². The van der Waals surface area contributed by atoms with Crippen LogP contribution in [0.15, 0.2) is 47.4 Å². The third-order valence-electron chi connectivity index (χ3n) is 4.90. The molecule has 0 aliphatic rings. The maximum absolute atomic E-state index is 12.0. The molecule has 3 rings (SSSR count). The van der Waals surface area contributed by atoms with Crippen molar-refractivity contribution in [2.75, 3.05) is 6.61 Å². The van der Waals surface area contributed by atoms with Crippen LogP contribution in [0.3, 0.4) is 0 Å². The molecule has 2 aromatic carbocycles. The molecule has 3 aromatic rings. The minimum absolute atomic E-state index is 0.262. The fraction of sp³-hybridized carbons (Fsp3) is 0.360. The second-order valence-corrected chi connectivity index (χ2v) is 10.7. The fourth-order valence-corrected chi connectivity index (χ4v) is 6.60. The van der Waals surface area contributed by atoms with Crippen LogP contribution >= 0.6 is 11.8 Å². The van der Waals surface area contributed by atoms with E-state index >= 15 is 0 Å². The van der Waals surface area contributed by atoms with E-state index in [1.807, 2.05) is 31.7 Å². The van der Waals surface area contributed by atoms with Gasteiger partial charge in [-0.1, -0.05) is 0 Å². The number of carbonyl (C=O) groups excluding carboxylic acids is 1. The van der Waals surface area contributed by atoms with E-state index in [0.717, 1.165) is 22.8 Å². The first-order valence-electron chi connectivity index (χ1n) is 10.5. The Morgan fingerprint density at radius 3 is 2.48 bits per heavy atom. The number of hydrogen-bond donors (Lipinski definition) is 0. The second-order valence-electron chi connectivity index (χ2n) is 7.38. The molecule has 1 unspecified atom stereocenters. The van der Waals surface area contributed by atoms with Gasteiger partial charge in [0.1, 0.15) is 0 Å². The molecule has 0 amide bonds. The van der Waals surface area contributed by atoms with Crippen molar-refractivity contribution in [1.29, 1.82) is 0 Å². The molecule has 4 nitrogen and oxygen atoms in total. The summed E-state index contributed by atoms with van der Waals surface area (Å²) in [6, 6.07) is 14.8. The van der Waals surface area contributed by atoms with E-state index in [2.05, 4.69) is 50.2 Å². The van der Waals surface area contributed by atoms with Crippen molar-refractivity contribution in [3.63, 3.8) is 0 Å². The van der Waals surface area contributed by atoms with Crippen molar-refractivity contribution in [2.24, 2.45) is 0 Å². The number of hydrogen-bond acceptors (Lipinski definition) is 5. The second kappa shape index (κ2) is 11.0. The molecule has 31 heavy (non-hydrogen) atoms. The van der Waals surface area contributed by atoms with Gasteiger partial charge in [-0.05, 0) is 6.92 Å². The van der Waals surface area contributed by atoms with Crippen molar-refractivity contribution in [3.05, 3.63) is 63.7 Å². The van der Waals surface area contributed by atoms with Gasteiger partial charge in [0.2, 0.25) is 0 Å². The molecule has 1 atom stereocenters. The topological polar surface area (TPSA) is 48.4 Å².